The summed E-state index contributed by atoms with van der Waals surface area (Å²) < 4.78 is 13.5. The Kier molecular flexibility index (Phi) is 4.33. The molecular formula is C17H16FN5O. The molecule has 6 nitrogen and oxygen atoms in total. The Hall–Kier alpha value is -3.09. The molecule has 0 bridgehead atoms. The number of tetrazole rings is 1. The topological polar surface area (TPSA) is 72.7 Å². The smallest absolute Gasteiger partial charge is 0.248 e. The monoisotopic (exact) mass is 325 g/mol. The predicted octanol–water partition coefficient (Wildman–Crippen LogP) is 2.73. The van der Waals surface area contributed by atoms with E-state index in [-0.39, 0.29) is 18.3 Å². The van der Waals surface area contributed by atoms with Crippen LogP contribution >= 0.6 is 0 Å². The number of nitrogens with one attached hydrogen (secondary N) is 1. The number of aryl methyl sites for hydroxylation is 2. The van der Waals surface area contributed by atoms with E-state index >= 15 is 0 Å². The van der Waals surface area contributed by atoms with Gasteiger partial charge in [0.1, 0.15) is 12.4 Å². The number of anilines is 1. The molecule has 0 saturated carbocycles. The molecule has 1 amide bonds. The van der Waals surface area contributed by atoms with Crippen LogP contribution in [0.15, 0.2) is 42.5 Å². The molecule has 0 unspecified atom stereocenters. The molecule has 0 radical (unpaired) electrons. The van der Waals surface area contributed by atoms with Crippen molar-refractivity contribution in [1.82, 2.24) is 20.2 Å². The molecule has 0 aliphatic carbocycles. The van der Waals surface area contributed by atoms with Gasteiger partial charge in [0.25, 0.3) is 0 Å². The van der Waals surface area contributed by atoms with Crippen molar-refractivity contribution < 1.29 is 9.18 Å². The van der Waals surface area contributed by atoms with Crippen LogP contribution in [0.4, 0.5) is 10.1 Å². The van der Waals surface area contributed by atoms with E-state index in [2.05, 4.69) is 20.7 Å². The second-order valence-corrected chi connectivity index (χ2v) is 5.52. The second kappa shape index (κ2) is 6.57. The Morgan fingerprint density at radius 2 is 1.92 bits per heavy atom. The minimum absolute atomic E-state index is 0.103. The van der Waals surface area contributed by atoms with E-state index in [1.54, 1.807) is 19.1 Å². The Balaban J connectivity index is 1.66. The molecule has 0 fully saturated rings. The lowest BCUT2D eigenvalue weighted by Gasteiger charge is -2.05. The molecule has 0 atom stereocenters. The van der Waals surface area contributed by atoms with E-state index in [1.165, 1.54) is 10.9 Å². The van der Waals surface area contributed by atoms with Gasteiger partial charge in [-0.25, -0.2) is 4.39 Å². The van der Waals surface area contributed by atoms with Crippen molar-refractivity contribution in [3.63, 3.8) is 0 Å². The first-order valence-corrected chi connectivity index (χ1v) is 7.42. The summed E-state index contributed by atoms with van der Waals surface area (Å²) in [5, 5.41) is 14.6. The van der Waals surface area contributed by atoms with Gasteiger partial charge in [-0.3, -0.25) is 4.79 Å². The van der Waals surface area contributed by atoms with E-state index in [9.17, 15) is 9.18 Å². The standard InChI is InChI=1S/C17H16FN5O/c1-11-3-6-13(7-4-11)17-20-22-23(21-17)10-16(24)19-14-8-5-12(2)15(18)9-14/h3-9H,10H2,1-2H3,(H,19,24). The van der Waals surface area contributed by atoms with Crippen LogP contribution in [0.25, 0.3) is 11.4 Å². The fraction of sp³-hybridized carbons (Fsp3) is 0.176. The van der Waals surface area contributed by atoms with Gasteiger partial charge in [-0.1, -0.05) is 35.9 Å². The van der Waals surface area contributed by atoms with Crippen molar-refractivity contribution in [2.75, 3.05) is 5.32 Å². The van der Waals surface area contributed by atoms with Gasteiger partial charge >= 0.3 is 0 Å². The van der Waals surface area contributed by atoms with Crippen molar-refractivity contribution in [1.29, 1.82) is 0 Å². The highest BCUT2D eigenvalue weighted by molar-refractivity contribution is 5.90. The Bertz CT molecular complexity index is 873. The number of nitrogens with zero attached hydrogens (tertiary/aromatic N) is 4. The third-order valence-corrected chi connectivity index (χ3v) is 3.50. The SMILES string of the molecule is Cc1ccc(-c2nnn(CC(=O)Nc3ccc(C)c(F)c3)n2)cc1. The number of carbonyl (C=O) groups excluding carboxylic acids is 1. The van der Waals surface area contributed by atoms with Crippen LogP contribution in [0.5, 0.6) is 0 Å². The van der Waals surface area contributed by atoms with Gasteiger partial charge < -0.3 is 5.32 Å². The number of halogens is 1. The molecule has 122 valence electrons. The van der Waals surface area contributed by atoms with Crippen LogP contribution in [-0.2, 0) is 11.3 Å². The predicted molar refractivity (Wildman–Crippen MR) is 87.8 cm³/mol. The Morgan fingerprint density at radius 3 is 2.62 bits per heavy atom. The van der Waals surface area contributed by atoms with Crippen LogP contribution in [0, 0.1) is 19.7 Å². The van der Waals surface area contributed by atoms with Crippen molar-refractivity contribution in [2.24, 2.45) is 0 Å². The second-order valence-electron chi connectivity index (χ2n) is 5.52. The van der Waals surface area contributed by atoms with Gasteiger partial charge in [-0.2, -0.15) is 4.80 Å². The molecule has 7 heteroatoms. The third-order valence-electron chi connectivity index (χ3n) is 3.50. The first-order valence-electron chi connectivity index (χ1n) is 7.42. The Labute approximate surface area is 138 Å². The summed E-state index contributed by atoms with van der Waals surface area (Å²) in [6.07, 6.45) is 0. The summed E-state index contributed by atoms with van der Waals surface area (Å²) in [4.78, 5) is 13.2. The largest absolute Gasteiger partial charge is 0.324 e. The number of aromatic nitrogens is 4. The number of carbonyl (C=O) groups is 1. The summed E-state index contributed by atoms with van der Waals surface area (Å²) in [6.45, 7) is 3.55. The minimum atomic E-state index is -0.367. The van der Waals surface area contributed by atoms with E-state index in [1.807, 2.05) is 31.2 Å². The van der Waals surface area contributed by atoms with Crippen LogP contribution < -0.4 is 5.32 Å². The van der Waals surface area contributed by atoms with Crippen molar-refractivity contribution >= 4 is 11.6 Å². The van der Waals surface area contributed by atoms with Gasteiger partial charge in [0.2, 0.25) is 11.7 Å². The quantitative estimate of drug-likeness (QED) is 0.800. The van der Waals surface area contributed by atoms with Crippen LogP contribution in [0.1, 0.15) is 11.1 Å². The fourth-order valence-corrected chi connectivity index (χ4v) is 2.13. The Morgan fingerprint density at radius 1 is 1.17 bits per heavy atom. The third kappa shape index (κ3) is 3.62. The molecule has 1 aromatic heterocycles. The summed E-state index contributed by atoms with van der Waals surface area (Å²) in [7, 11) is 0. The summed E-state index contributed by atoms with van der Waals surface area (Å²) in [6, 6.07) is 12.2. The van der Waals surface area contributed by atoms with E-state index in [4.69, 9.17) is 0 Å². The highest BCUT2D eigenvalue weighted by Crippen LogP contribution is 2.15. The number of rotatable bonds is 4. The molecule has 3 rings (SSSR count). The summed E-state index contributed by atoms with van der Waals surface area (Å²) >= 11 is 0. The zero-order valence-corrected chi connectivity index (χ0v) is 13.3. The highest BCUT2D eigenvalue weighted by Gasteiger charge is 2.10. The molecule has 24 heavy (non-hydrogen) atoms. The molecule has 1 heterocycles. The number of amides is 1. The molecule has 0 saturated heterocycles. The molecule has 0 spiro atoms. The van der Waals surface area contributed by atoms with E-state index in [0.29, 0.717) is 17.1 Å². The molecule has 2 aromatic carbocycles. The van der Waals surface area contributed by atoms with Crippen LogP contribution in [-0.4, -0.2) is 26.1 Å². The molecule has 3 aromatic rings. The maximum atomic E-state index is 13.5. The highest BCUT2D eigenvalue weighted by atomic mass is 19.1. The van der Waals surface area contributed by atoms with Gasteiger partial charge in [-0.05, 0) is 36.8 Å². The maximum Gasteiger partial charge on any atom is 0.248 e. The lowest BCUT2D eigenvalue weighted by molar-refractivity contribution is -0.117. The van der Waals surface area contributed by atoms with Gasteiger partial charge in [0, 0.05) is 11.3 Å². The van der Waals surface area contributed by atoms with Gasteiger partial charge in [0.05, 0.1) is 0 Å². The van der Waals surface area contributed by atoms with Crippen LogP contribution in [0.3, 0.4) is 0 Å². The lowest BCUT2D eigenvalue weighted by atomic mass is 10.1. The van der Waals surface area contributed by atoms with Crippen molar-refractivity contribution in [2.45, 2.75) is 20.4 Å². The average Bonchev–Trinajstić information content (AvgIpc) is 3.00. The molecular weight excluding hydrogens is 309 g/mol. The lowest BCUT2D eigenvalue weighted by Crippen LogP contribution is -2.20. The molecule has 1 N–H and O–H groups in total. The molecule has 0 aliphatic heterocycles. The maximum absolute atomic E-state index is 13.5. The van der Waals surface area contributed by atoms with Crippen molar-refractivity contribution in [3.8, 4) is 11.4 Å². The van der Waals surface area contributed by atoms with E-state index in [0.717, 1.165) is 11.1 Å². The minimum Gasteiger partial charge on any atom is -0.324 e. The zero-order valence-electron chi connectivity index (χ0n) is 13.3. The molecule has 0 aliphatic rings. The van der Waals surface area contributed by atoms with E-state index < -0.39 is 0 Å². The number of hydrogen-bond acceptors (Lipinski definition) is 4. The fourth-order valence-electron chi connectivity index (χ4n) is 2.13. The summed E-state index contributed by atoms with van der Waals surface area (Å²) in [5.74, 6) is -0.274. The number of hydrogen-bond donors (Lipinski definition) is 1. The van der Waals surface area contributed by atoms with Crippen molar-refractivity contribution in [3.05, 3.63) is 59.4 Å². The van der Waals surface area contributed by atoms with Gasteiger partial charge in [0.15, 0.2) is 0 Å². The van der Waals surface area contributed by atoms with Crippen LogP contribution in [0.2, 0.25) is 0 Å². The average molecular weight is 325 g/mol. The first kappa shape index (κ1) is 15.8. The van der Waals surface area contributed by atoms with Gasteiger partial charge in [-0.15, -0.1) is 10.2 Å². The first-order chi connectivity index (χ1) is 11.5. The normalized spacial score (nSPS) is 10.6. The zero-order chi connectivity index (χ0) is 17.1. The summed E-state index contributed by atoms with van der Waals surface area (Å²) in [5.41, 5.74) is 2.87. The number of benzene rings is 2.